The summed E-state index contributed by atoms with van der Waals surface area (Å²) in [5.41, 5.74) is 2.35. The SMILES string of the molecule is CCCOc1cccc(C(NC)c2cccc(OC)c2)c1. The van der Waals surface area contributed by atoms with Gasteiger partial charge in [-0.05, 0) is 48.9 Å². The maximum absolute atomic E-state index is 5.72. The van der Waals surface area contributed by atoms with Gasteiger partial charge in [-0.15, -0.1) is 0 Å². The van der Waals surface area contributed by atoms with Crippen LogP contribution in [0.1, 0.15) is 30.5 Å². The van der Waals surface area contributed by atoms with Gasteiger partial charge >= 0.3 is 0 Å². The molecule has 2 rings (SSSR count). The summed E-state index contributed by atoms with van der Waals surface area (Å²) in [6.45, 7) is 2.85. The molecule has 3 nitrogen and oxygen atoms in total. The molecule has 0 aromatic heterocycles. The maximum Gasteiger partial charge on any atom is 0.119 e. The summed E-state index contributed by atoms with van der Waals surface area (Å²) in [6, 6.07) is 16.5. The number of methoxy groups -OCH3 is 1. The second kappa shape index (κ2) is 7.70. The van der Waals surface area contributed by atoms with E-state index in [0.717, 1.165) is 24.5 Å². The van der Waals surface area contributed by atoms with E-state index in [1.807, 2.05) is 31.3 Å². The lowest BCUT2D eigenvalue weighted by Crippen LogP contribution is -2.17. The van der Waals surface area contributed by atoms with E-state index in [1.54, 1.807) is 7.11 Å². The van der Waals surface area contributed by atoms with Crippen molar-refractivity contribution in [3.8, 4) is 11.5 Å². The molecule has 1 N–H and O–H groups in total. The summed E-state index contributed by atoms with van der Waals surface area (Å²) in [7, 11) is 3.65. The lowest BCUT2D eigenvalue weighted by Gasteiger charge is -2.19. The standard InChI is InChI=1S/C18H23NO2/c1-4-11-21-17-10-6-8-15(13-17)18(19-2)14-7-5-9-16(12-14)20-3/h5-10,12-13,18-19H,4,11H2,1-3H3. The van der Waals surface area contributed by atoms with Gasteiger partial charge in [0.05, 0.1) is 19.8 Å². The molecule has 0 fully saturated rings. The highest BCUT2D eigenvalue weighted by Crippen LogP contribution is 2.27. The third-order valence-corrected chi connectivity index (χ3v) is 3.38. The number of nitrogens with one attached hydrogen (secondary N) is 1. The zero-order chi connectivity index (χ0) is 15.1. The summed E-state index contributed by atoms with van der Waals surface area (Å²) in [6.07, 6.45) is 1.01. The summed E-state index contributed by atoms with van der Waals surface area (Å²) in [5, 5.41) is 3.36. The molecular weight excluding hydrogens is 262 g/mol. The number of benzene rings is 2. The number of hydrogen-bond donors (Lipinski definition) is 1. The monoisotopic (exact) mass is 285 g/mol. The van der Waals surface area contributed by atoms with Crippen molar-refractivity contribution < 1.29 is 9.47 Å². The maximum atomic E-state index is 5.72. The average Bonchev–Trinajstić information content (AvgIpc) is 2.54. The largest absolute Gasteiger partial charge is 0.497 e. The van der Waals surface area contributed by atoms with Crippen LogP contribution in [0.2, 0.25) is 0 Å². The molecule has 2 aromatic rings. The van der Waals surface area contributed by atoms with Gasteiger partial charge in [0.1, 0.15) is 11.5 Å². The summed E-state index contributed by atoms with van der Waals surface area (Å²) >= 11 is 0. The van der Waals surface area contributed by atoms with Gasteiger partial charge in [-0.2, -0.15) is 0 Å². The predicted molar refractivity (Wildman–Crippen MR) is 86.1 cm³/mol. The summed E-state index contributed by atoms with van der Waals surface area (Å²) in [5.74, 6) is 1.78. The van der Waals surface area contributed by atoms with Gasteiger partial charge in [-0.25, -0.2) is 0 Å². The summed E-state index contributed by atoms with van der Waals surface area (Å²) < 4.78 is 11.0. The van der Waals surface area contributed by atoms with Gasteiger partial charge in [-0.1, -0.05) is 31.2 Å². The fourth-order valence-electron chi connectivity index (χ4n) is 2.35. The Bertz CT molecular complexity index is 569. The molecule has 0 radical (unpaired) electrons. The first-order chi connectivity index (χ1) is 10.3. The molecular formula is C18H23NO2. The van der Waals surface area contributed by atoms with E-state index >= 15 is 0 Å². The van der Waals surface area contributed by atoms with Crippen molar-refractivity contribution >= 4 is 0 Å². The first-order valence-electron chi connectivity index (χ1n) is 7.32. The lowest BCUT2D eigenvalue weighted by molar-refractivity contribution is 0.317. The molecule has 0 aliphatic heterocycles. The quantitative estimate of drug-likeness (QED) is 0.839. The van der Waals surface area contributed by atoms with Crippen molar-refractivity contribution in [3.63, 3.8) is 0 Å². The molecule has 1 unspecified atom stereocenters. The van der Waals surface area contributed by atoms with E-state index in [9.17, 15) is 0 Å². The van der Waals surface area contributed by atoms with Crippen molar-refractivity contribution in [2.75, 3.05) is 20.8 Å². The van der Waals surface area contributed by atoms with Gasteiger partial charge in [0.2, 0.25) is 0 Å². The molecule has 2 aromatic carbocycles. The highest BCUT2D eigenvalue weighted by Gasteiger charge is 2.13. The molecule has 0 heterocycles. The molecule has 21 heavy (non-hydrogen) atoms. The smallest absolute Gasteiger partial charge is 0.119 e. The van der Waals surface area contributed by atoms with Crippen molar-refractivity contribution in [1.29, 1.82) is 0 Å². The van der Waals surface area contributed by atoms with E-state index in [-0.39, 0.29) is 6.04 Å². The predicted octanol–water partition coefficient (Wildman–Crippen LogP) is 3.79. The van der Waals surface area contributed by atoms with Crippen molar-refractivity contribution in [2.24, 2.45) is 0 Å². The molecule has 0 amide bonds. The Kier molecular flexibility index (Phi) is 5.64. The highest BCUT2D eigenvalue weighted by molar-refractivity contribution is 5.39. The third kappa shape index (κ3) is 3.99. The number of ether oxygens (including phenoxy) is 2. The second-order valence-corrected chi connectivity index (χ2v) is 4.92. The van der Waals surface area contributed by atoms with Crippen LogP contribution in [0.15, 0.2) is 48.5 Å². The van der Waals surface area contributed by atoms with Crippen LogP contribution in [0, 0.1) is 0 Å². The molecule has 3 heteroatoms. The topological polar surface area (TPSA) is 30.5 Å². The Morgan fingerprint density at radius 2 is 1.62 bits per heavy atom. The molecule has 1 atom stereocenters. The van der Waals surface area contributed by atoms with Crippen molar-refractivity contribution in [3.05, 3.63) is 59.7 Å². The van der Waals surface area contributed by atoms with Crippen LogP contribution in [0.4, 0.5) is 0 Å². The van der Waals surface area contributed by atoms with Gasteiger partial charge in [-0.3, -0.25) is 0 Å². The average molecular weight is 285 g/mol. The fourth-order valence-corrected chi connectivity index (χ4v) is 2.35. The third-order valence-electron chi connectivity index (χ3n) is 3.38. The number of hydrogen-bond acceptors (Lipinski definition) is 3. The molecule has 0 bridgehead atoms. The van der Waals surface area contributed by atoms with Gasteiger partial charge in [0.15, 0.2) is 0 Å². The minimum atomic E-state index is 0.116. The Labute approximate surface area is 126 Å². The van der Waals surface area contributed by atoms with Crippen molar-refractivity contribution in [2.45, 2.75) is 19.4 Å². The van der Waals surface area contributed by atoms with Crippen molar-refractivity contribution in [1.82, 2.24) is 5.32 Å². The highest BCUT2D eigenvalue weighted by atomic mass is 16.5. The zero-order valence-electron chi connectivity index (χ0n) is 12.9. The van der Waals surface area contributed by atoms with Crippen LogP contribution >= 0.6 is 0 Å². The normalized spacial score (nSPS) is 12.0. The van der Waals surface area contributed by atoms with E-state index in [1.165, 1.54) is 11.1 Å². The van der Waals surface area contributed by atoms with Crippen LogP contribution in [0.5, 0.6) is 11.5 Å². The molecule has 0 saturated heterocycles. The molecule has 112 valence electrons. The minimum Gasteiger partial charge on any atom is -0.497 e. The van der Waals surface area contributed by atoms with Crippen LogP contribution in [0.25, 0.3) is 0 Å². The molecule has 0 aliphatic carbocycles. The molecule has 0 aliphatic rings. The Morgan fingerprint density at radius 1 is 1.00 bits per heavy atom. The van der Waals surface area contributed by atoms with Crippen LogP contribution < -0.4 is 14.8 Å². The Morgan fingerprint density at radius 3 is 2.19 bits per heavy atom. The Balaban J connectivity index is 2.27. The van der Waals surface area contributed by atoms with Gasteiger partial charge in [0, 0.05) is 0 Å². The van der Waals surface area contributed by atoms with E-state index in [2.05, 4.69) is 36.5 Å². The van der Waals surface area contributed by atoms with E-state index in [0.29, 0.717) is 0 Å². The molecule has 0 saturated carbocycles. The summed E-state index contributed by atoms with van der Waals surface area (Å²) in [4.78, 5) is 0. The van der Waals surface area contributed by atoms with Gasteiger partial charge < -0.3 is 14.8 Å². The van der Waals surface area contributed by atoms with Crippen LogP contribution in [-0.4, -0.2) is 20.8 Å². The molecule has 0 spiro atoms. The minimum absolute atomic E-state index is 0.116. The Hall–Kier alpha value is -2.00. The van der Waals surface area contributed by atoms with E-state index < -0.39 is 0 Å². The first kappa shape index (κ1) is 15.4. The van der Waals surface area contributed by atoms with Crippen LogP contribution in [0.3, 0.4) is 0 Å². The fraction of sp³-hybridized carbons (Fsp3) is 0.333. The van der Waals surface area contributed by atoms with Gasteiger partial charge in [0.25, 0.3) is 0 Å². The lowest BCUT2D eigenvalue weighted by atomic mass is 9.98. The number of rotatable bonds is 7. The first-order valence-corrected chi connectivity index (χ1v) is 7.32. The zero-order valence-corrected chi connectivity index (χ0v) is 12.9. The van der Waals surface area contributed by atoms with Crippen LogP contribution in [-0.2, 0) is 0 Å². The van der Waals surface area contributed by atoms with E-state index in [4.69, 9.17) is 9.47 Å². The second-order valence-electron chi connectivity index (χ2n) is 4.92.